The van der Waals surface area contributed by atoms with Gasteiger partial charge in [-0.15, -0.1) is 0 Å². The van der Waals surface area contributed by atoms with Gasteiger partial charge in [0, 0.05) is 28.3 Å². The van der Waals surface area contributed by atoms with Crippen LogP contribution in [-0.2, 0) is 7.05 Å². The molecule has 0 bridgehead atoms. The summed E-state index contributed by atoms with van der Waals surface area (Å²) < 4.78 is 8.77. The van der Waals surface area contributed by atoms with Gasteiger partial charge in [-0.1, -0.05) is 61.6 Å². The summed E-state index contributed by atoms with van der Waals surface area (Å²) in [6, 6.07) is 22.0. The van der Waals surface area contributed by atoms with Crippen molar-refractivity contribution in [1.82, 2.24) is 0 Å². The van der Waals surface area contributed by atoms with E-state index >= 15 is 0 Å². The molecule has 0 aliphatic carbocycles. The van der Waals surface area contributed by atoms with Crippen molar-refractivity contribution in [2.24, 2.45) is 7.05 Å². The van der Waals surface area contributed by atoms with Crippen LogP contribution in [0.15, 0.2) is 65.1 Å². The number of aryl methyl sites for hydroxylation is 3. The Morgan fingerprint density at radius 2 is 1.57 bits per heavy atom. The molecule has 2 nitrogen and oxygen atoms in total. The standard InChI is InChI=1S/C27H28NOSi/c1-17-11-14-22-21(15-17)25(30(4,5)6)16-23(28(22)3)26-18(2)12-13-20-19-9-7-8-10-24(19)29-27(20)26/h7-16H,1-6H3/q+1. The van der Waals surface area contributed by atoms with Gasteiger partial charge in [0.1, 0.15) is 18.2 Å². The highest BCUT2D eigenvalue weighted by molar-refractivity contribution is 6.90. The van der Waals surface area contributed by atoms with Gasteiger partial charge < -0.3 is 4.42 Å². The zero-order valence-electron chi connectivity index (χ0n) is 18.6. The molecule has 150 valence electrons. The van der Waals surface area contributed by atoms with Gasteiger partial charge in [-0.2, -0.15) is 4.57 Å². The van der Waals surface area contributed by atoms with Crippen molar-refractivity contribution >= 4 is 46.1 Å². The lowest BCUT2D eigenvalue weighted by Gasteiger charge is -2.20. The van der Waals surface area contributed by atoms with E-state index in [-0.39, 0.29) is 0 Å². The molecule has 2 heterocycles. The Morgan fingerprint density at radius 1 is 0.800 bits per heavy atom. The number of aromatic nitrogens is 1. The van der Waals surface area contributed by atoms with Crippen LogP contribution in [0.1, 0.15) is 11.1 Å². The number of furan rings is 1. The summed E-state index contributed by atoms with van der Waals surface area (Å²) in [4.78, 5) is 0. The van der Waals surface area contributed by atoms with E-state index in [1.54, 1.807) is 0 Å². The minimum absolute atomic E-state index is 0.948. The van der Waals surface area contributed by atoms with E-state index in [1.165, 1.54) is 49.2 Å². The van der Waals surface area contributed by atoms with Crippen LogP contribution in [0.2, 0.25) is 19.6 Å². The van der Waals surface area contributed by atoms with Crippen LogP contribution < -0.4 is 9.75 Å². The van der Waals surface area contributed by atoms with Gasteiger partial charge >= 0.3 is 0 Å². The molecule has 5 aromatic rings. The molecule has 0 radical (unpaired) electrons. The Morgan fingerprint density at radius 3 is 2.33 bits per heavy atom. The molecule has 0 N–H and O–H groups in total. The van der Waals surface area contributed by atoms with E-state index in [4.69, 9.17) is 4.42 Å². The zero-order chi connectivity index (χ0) is 21.2. The maximum absolute atomic E-state index is 6.43. The summed E-state index contributed by atoms with van der Waals surface area (Å²) in [5.41, 5.74) is 8.20. The maximum atomic E-state index is 6.43. The number of para-hydroxylation sites is 1. The molecule has 5 rings (SSSR count). The SMILES string of the molecule is Cc1ccc2c(c1)c([Si](C)(C)C)cc(-c1c(C)ccc3c1oc1ccccc13)[n+]2C. The summed E-state index contributed by atoms with van der Waals surface area (Å²) in [5, 5.41) is 5.25. The van der Waals surface area contributed by atoms with Crippen molar-refractivity contribution < 1.29 is 8.98 Å². The molecular weight excluding hydrogens is 382 g/mol. The highest BCUT2D eigenvalue weighted by Gasteiger charge is 2.28. The summed E-state index contributed by atoms with van der Waals surface area (Å²) in [6.07, 6.45) is 0. The third-order valence-electron chi connectivity index (χ3n) is 6.27. The molecule has 0 aliphatic heterocycles. The van der Waals surface area contributed by atoms with Crippen LogP contribution in [0.3, 0.4) is 0 Å². The average molecular weight is 411 g/mol. The first-order valence-corrected chi connectivity index (χ1v) is 14.1. The van der Waals surface area contributed by atoms with Crippen molar-refractivity contribution in [2.45, 2.75) is 33.5 Å². The minimum Gasteiger partial charge on any atom is -0.455 e. The molecule has 0 aliphatic rings. The van der Waals surface area contributed by atoms with E-state index in [0.29, 0.717) is 0 Å². The second-order valence-electron chi connectivity index (χ2n) is 9.51. The quantitative estimate of drug-likeness (QED) is 0.243. The first-order chi connectivity index (χ1) is 14.3. The lowest BCUT2D eigenvalue weighted by molar-refractivity contribution is -0.633. The molecule has 0 fully saturated rings. The molecule has 0 amide bonds. The summed E-state index contributed by atoms with van der Waals surface area (Å²) in [6.45, 7) is 11.7. The van der Waals surface area contributed by atoms with Gasteiger partial charge in [-0.05, 0) is 36.7 Å². The van der Waals surface area contributed by atoms with E-state index in [9.17, 15) is 0 Å². The maximum Gasteiger partial charge on any atom is 0.216 e. The molecule has 0 spiro atoms. The fourth-order valence-electron chi connectivity index (χ4n) is 4.67. The third kappa shape index (κ3) is 2.80. The molecule has 30 heavy (non-hydrogen) atoms. The van der Waals surface area contributed by atoms with Crippen molar-refractivity contribution in [1.29, 1.82) is 0 Å². The second-order valence-corrected chi connectivity index (χ2v) is 14.5. The van der Waals surface area contributed by atoms with Crippen molar-refractivity contribution in [3.63, 3.8) is 0 Å². The fourth-order valence-corrected chi connectivity index (χ4v) is 6.24. The van der Waals surface area contributed by atoms with Crippen molar-refractivity contribution in [3.05, 3.63) is 71.8 Å². The second kappa shape index (κ2) is 6.54. The Balaban J connectivity index is 1.95. The first-order valence-electron chi connectivity index (χ1n) is 10.6. The number of hydrogen-bond donors (Lipinski definition) is 0. The van der Waals surface area contributed by atoms with E-state index in [0.717, 1.165) is 11.2 Å². The lowest BCUT2D eigenvalue weighted by Crippen LogP contribution is -2.43. The van der Waals surface area contributed by atoms with Crippen LogP contribution in [0, 0.1) is 13.8 Å². The highest BCUT2D eigenvalue weighted by Crippen LogP contribution is 2.37. The van der Waals surface area contributed by atoms with Gasteiger partial charge in [-0.25, -0.2) is 0 Å². The normalized spacial score (nSPS) is 12.3. The van der Waals surface area contributed by atoms with Gasteiger partial charge in [0.15, 0.2) is 0 Å². The van der Waals surface area contributed by atoms with Gasteiger partial charge in [0.25, 0.3) is 0 Å². The summed E-state index contributed by atoms with van der Waals surface area (Å²) in [5.74, 6) is 0. The molecule has 3 aromatic carbocycles. The first kappa shape index (κ1) is 19.1. The topological polar surface area (TPSA) is 17.0 Å². The van der Waals surface area contributed by atoms with E-state index < -0.39 is 8.07 Å². The Bertz CT molecular complexity index is 1450. The van der Waals surface area contributed by atoms with Gasteiger partial charge in [0.05, 0.1) is 13.6 Å². The molecule has 0 atom stereocenters. The molecule has 3 heteroatoms. The number of nitrogens with zero attached hydrogens (tertiary/aromatic N) is 1. The van der Waals surface area contributed by atoms with Crippen LogP contribution in [-0.4, -0.2) is 8.07 Å². The van der Waals surface area contributed by atoms with Crippen molar-refractivity contribution in [3.8, 4) is 11.3 Å². The lowest BCUT2D eigenvalue weighted by atomic mass is 9.99. The molecule has 0 saturated carbocycles. The monoisotopic (exact) mass is 410 g/mol. The number of benzene rings is 3. The Hall–Kier alpha value is -2.91. The number of pyridine rings is 1. The largest absolute Gasteiger partial charge is 0.455 e. The average Bonchev–Trinajstić information content (AvgIpc) is 3.06. The molecular formula is C27H28NOSi+. The summed E-state index contributed by atoms with van der Waals surface area (Å²) >= 11 is 0. The van der Waals surface area contributed by atoms with Crippen LogP contribution >= 0.6 is 0 Å². The fraction of sp³-hybridized carbons (Fsp3) is 0.222. The van der Waals surface area contributed by atoms with E-state index in [1.807, 2.05) is 6.07 Å². The molecule has 0 unspecified atom stereocenters. The minimum atomic E-state index is -1.57. The number of hydrogen-bond acceptors (Lipinski definition) is 1. The predicted octanol–water partition coefficient (Wildman–Crippen LogP) is 6.39. The van der Waals surface area contributed by atoms with Crippen LogP contribution in [0.25, 0.3) is 44.1 Å². The van der Waals surface area contributed by atoms with Gasteiger partial charge in [-0.3, -0.25) is 0 Å². The Labute approximate surface area is 178 Å². The van der Waals surface area contributed by atoms with Crippen LogP contribution in [0.4, 0.5) is 0 Å². The third-order valence-corrected chi connectivity index (χ3v) is 8.30. The zero-order valence-corrected chi connectivity index (χ0v) is 19.6. The van der Waals surface area contributed by atoms with Gasteiger partial charge in [0.2, 0.25) is 11.2 Å². The molecule has 0 saturated heterocycles. The number of rotatable bonds is 2. The number of fused-ring (bicyclic) bond motifs is 4. The Kier molecular flexibility index (Phi) is 4.16. The molecule has 2 aromatic heterocycles. The van der Waals surface area contributed by atoms with Crippen LogP contribution in [0.5, 0.6) is 0 Å². The predicted molar refractivity (Wildman–Crippen MR) is 130 cm³/mol. The van der Waals surface area contributed by atoms with Crippen molar-refractivity contribution in [2.75, 3.05) is 0 Å². The van der Waals surface area contributed by atoms with E-state index in [2.05, 4.69) is 99.7 Å². The highest BCUT2D eigenvalue weighted by atomic mass is 28.3. The smallest absolute Gasteiger partial charge is 0.216 e. The summed E-state index contributed by atoms with van der Waals surface area (Å²) in [7, 11) is 0.614.